The van der Waals surface area contributed by atoms with Gasteiger partial charge in [0.25, 0.3) is 0 Å². The van der Waals surface area contributed by atoms with Gasteiger partial charge in [0.1, 0.15) is 5.15 Å². The molecule has 0 atom stereocenters. The minimum absolute atomic E-state index is 0.144. The van der Waals surface area contributed by atoms with Gasteiger partial charge in [0.05, 0.1) is 18.8 Å². The van der Waals surface area contributed by atoms with E-state index in [9.17, 15) is 0 Å². The van der Waals surface area contributed by atoms with E-state index in [1.165, 1.54) is 5.56 Å². The monoisotopic (exact) mass is 293 g/mol. The maximum absolute atomic E-state index is 8.96. The number of benzene rings is 1. The van der Waals surface area contributed by atoms with Gasteiger partial charge in [-0.2, -0.15) is 5.10 Å². The van der Waals surface area contributed by atoms with Gasteiger partial charge in [0.2, 0.25) is 0 Å². The van der Waals surface area contributed by atoms with E-state index in [4.69, 9.17) is 16.7 Å². The molecular formula is C15H20ClN3O. The van der Waals surface area contributed by atoms with Gasteiger partial charge in [-0.05, 0) is 19.5 Å². The molecule has 0 saturated carbocycles. The zero-order valence-electron chi connectivity index (χ0n) is 11.9. The predicted molar refractivity (Wildman–Crippen MR) is 80.9 cm³/mol. The molecule has 0 unspecified atom stereocenters. The number of aryl methyl sites for hydroxylation is 1. The quantitative estimate of drug-likeness (QED) is 0.889. The van der Waals surface area contributed by atoms with Crippen molar-refractivity contribution in [1.29, 1.82) is 0 Å². The second kappa shape index (κ2) is 6.88. The molecule has 0 fully saturated rings. The molecule has 5 heteroatoms. The fourth-order valence-corrected chi connectivity index (χ4v) is 2.44. The van der Waals surface area contributed by atoms with Gasteiger partial charge in [0, 0.05) is 18.7 Å². The Kier molecular flexibility index (Phi) is 5.17. The van der Waals surface area contributed by atoms with Crippen molar-refractivity contribution in [2.24, 2.45) is 0 Å². The van der Waals surface area contributed by atoms with Crippen LogP contribution in [-0.4, -0.2) is 40.0 Å². The molecule has 20 heavy (non-hydrogen) atoms. The standard InChI is InChI=1S/C15H20ClN3O/c1-12-14(11-18(2)8-9-20)15(16)19(17-12)10-13-6-4-3-5-7-13/h3-7,20H,8-11H2,1-2H3. The molecule has 1 aromatic heterocycles. The molecule has 1 aromatic carbocycles. The van der Waals surface area contributed by atoms with E-state index in [1.807, 2.05) is 41.8 Å². The van der Waals surface area contributed by atoms with E-state index < -0.39 is 0 Å². The van der Waals surface area contributed by atoms with E-state index in [0.717, 1.165) is 11.3 Å². The van der Waals surface area contributed by atoms with Gasteiger partial charge in [0.15, 0.2) is 0 Å². The molecule has 0 amide bonds. The molecule has 0 aliphatic heterocycles. The second-order valence-electron chi connectivity index (χ2n) is 4.96. The van der Waals surface area contributed by atoms with Gasteiger partial charge < -0.3 is 5.11 Å². The lowest BCUT2D eigenvalue weighted by atomic mass is 10.2. The highest BCUT2D eigenvalue weighted by molar-refractivity contribution is 6.30. The molecular weight excluding hydrogens is 274 g/mol. The van der Waals surface area contributed by atoms with Crippen LogP contribution in [0.2, 0.25) is 5.15 Å². The summed E-state index contributed by atoms with van der Waals surface area (Å²) in [6, 6.07) is 10.1. The van der Waals surface area contributed by atoms with Crippen LogP contribution in [0.3, 0.4) is 0 Å². The minimum atomic E-state index is 0.144. The van der Waals surface area contributed by atoms with E-state index in [1.54, 1.807) is 0 Å². The summed E-state index contributed by atoms with van der Waals surface area (Å²) in [6.07, 6.45) is 0. The maximum atomic E-state index is 8.96. The van der Waals surface area contributed by atoms with Gasteiger partial charge in [-0.15, -0.1) is 0 Å². The van der Waals surface area contributed by atoms with Crippen molar-refractivity contribution in [1.82, 2.24) is 14.7 Å². The predicted octanol–water partition coefficient (Wildman–Crippen LogP) is 2.32. The summed E-state index contributed by atoms with van der Waals surface area (Å²) in [7, 11) is 1.96. The van der Waals surface area contributed by atoms with Crippen LogP contribution in [0.5, 0.6) is 0 Å². The molecule has 2 rings (SSSR count). The molecule has 4 nitrogen and oxygen atoms in total. The van der Waals surface area contributed by atoms with Crippen molar-refractivity contribution >= 4 is 11.6 Å². The van der Waals surface area contributed by atoms with Crippen molar-refractivity contribution < 1.29 is 5.11 Å². The van der Waals surface area contributed by atoms with Crippen molar-refractivity contribution in [2.45, 2.75) is 20.0 Å². The summed E-state index contributed by atoms with van der Waals surface area (Å²) in [6.45, 7) is 4.10. The number of rotatable bonds is 6. The lowest BCUT2D eigenvalue weighted by Crippen LogP contribution is -2.21. The highest BCUT2D eigenvalue weighted by Crippen LogP contribution is 2.22. The third kappa shape index (κ3) is 3.60. The second-order valence-corrected chi connectivity index (χ2v) is 5.32. The average molecular weight is 294 g/mol. The third-order valence-corrected chi connectivity index (χ3v) is 3.69. The van der Waals surface area contributed by atoms with E-state index in [-0.39, 0.29) is 6.61 Å². The fourth-order valence-electron chi connectivity index (χ4n) is 2.15. The lowest BCUT2D eigenvalue weighted by molar-refractivity contribution is 0.217. The molecule has 108 valence electrons. The van der Waals surface area contributed by atoms with Gasteiger partial charge in [-0.1, -0.05) is 41.9 Å². The number of aliphatic hydroxyl groups is 1. The Bertz CT molecular complexity index is 554. The summed E-state index contributed by atoms with van der Waals surface area (Å²) in [5.74, 6) is 0. The van der Waals surface area contributed by atoms with Crippen molar-refractivity contribution in [3.05, 3.63) is 52.3 Å². The number of aliphatic hydroxyl groups excluding tert-OH is 1. The first-order chi connectivity index (χ1) is 9.61. The van der Waals surface area contributed by atoms with Crippen molar-refractivity contribution in [3.8, 4) is 0 Å². The van der Waals surface area contributed by atoms with Crippen molar-refractivity contribution in [2.75, 3.05) is 20.2 Å². The summed E-state index contributed by atoms with van der Waals surface area (Å²) >= 11 is 6.44. The zero-order chi connectivity index (χ0) is 14.5. The van der Waals surface area contributed by atoms with Crippen LogP contribution >= 0.6 is 11.6 Å². The van der Waals surface area contributed by atoms with Crippen LogP contribution in [0.15, 0.2) is 30.3 Å². The molecule has 0 aliphatic carbocycles. The molecule has 0 spiro atoms. The summed E-state index contributed by atoms with van der Waals surface area (Å²) in [4.78, 5) is 2.03. The van der Waals surface area contributed by atoms with Gasteiger partial charge >= 0.3 is 0 Å². The Morgan fingerprint density at radius 1 is 1.30 bits per heavy atom. The van der Waals surface area contributed by atoms with Crippen LogP contribution in [0.4, 0.5) is 0 Å². The number of halogens is 1. The molecule has 0 radical (unpaired) electrons. The molecule has 1 N–H and O–H groups in total. The van der Waals surface area contributed by atoms with Gasteiger partial charge in [-0.25, -0.2) is 4.68 Å². The first-order valence-corrected chi connectivity index (χ1v) is 7.04. The molecule has 1 heterocycles. The van der Waals surface area contributed by atoms with Crippen LogP contribution in [0.25, 0.3) is 0 Å². The molecule has 2 aromatic rings. The maximum Gasteiger partial charge on any atom is 0.132 e. The number of hydrogen-bond acceptors (Lipinski definition) is 3. The normalized spacial score (nSPS) is 11.2. The SMILES string of the molecule is Cc1nn(Cc2ccccc2)c(Cl)c1CN(C)CCO. The first kappa shape index (κ1) is 15.0. The Morgan fingerprint density at radius 3 is 2.65 bits per heavy atom. The van der Waals surface area contributed by atoms with E-state index in [2.05, 4.69) is 17.2 Å². The zero-order valence-corrected chi connectivity index (χ0v) is 12.6. The number of likely N-dealkylation sites (N-methyl/N-ethyl adjacent to an activating group) is 1. The van der Waals surface area contributed by atoms with Crippen LogP contribution in [0, 0.1) is 6.92 Å². The van der Waals surface area contributed by atoms with Crippen LogP contribution in [0.1, 0.15) is 16.8 Å². The Balaban J connectivity index is 2.16. The average Bonchev–Trinajstić information content (AvgIpc) is 2.68. The third-order valence-electron chi connectivity index (χ3n) is 3.27. The summed E-state index contributed by atoms with van der Waals surface area (Å²) in [5, 5.41) is 14.1. The molecule has 0 bridgehead atoms. The Morgan fingerprint density at radius 2 is 2.00 bits per heavy atom. The number of aromatic nitrogens is 2. The van der Waals surface area contributed by atoms with Crippen molar-refractivity contribution in [3.63, 3.8) is 0 Å². The van der Waals surface area contributed by atoms with Crippen LogP contribution < -0.4 is 0 Å². The highest BCUT2D eigenvalue weighted by Gasteiger charge is 2.15. The first-order valence-electron chi connectivity index (χ1n) is 6.67. The van der Waals surface area contributed by atoms with Crippen LogP contribution in [-0.2, 0) is 13.1 Å². The number of hydrogen-bond donors (Lipinski definition) is 1. The highest BCUT2D eigenvalue weighted by atomic mass is 35.5. The fraction of sp³-hybridized carbons (Fsp3) is 0.400. The Hall–Kier alpha value is -1.36. The molecule has 0 saturated heterocycles. The lowest BCUT2D eigenvalue weighted by Gasteiger charge is -2.14. The smallest absolute Gasteiger partial charge is 0.132 e. The molecule has 0 aliphatic rings. The van der Waals surface area contributed by atoms with Gasteiger partial charge in [-0.3, -0.25) is 4.90 Å². The largest absolute Gasteiger partial charge is 0.395 e. The number of nitrogens with zero attached hydrogens (tertiary/aromatic N) is 3. The summed E-state index contributed by atoms with van der Waals surface area (Å²) in [5.41, 5.74) is 3.14. The Labute approximate surface area is 124 Å². The summed E-state index contributed by atoms with van der Waals surface area (Å²) < 4.78 is 1.83. The topological polar surface area (TPSA) is 41.3 Å². The van der Waals surface area contributed by atoms with E-state index in [0.29, 0.717) is 24.8 Å². The van der Waals surface area contributed by atoms with E-state index >= 15 is 0 Å². The minimum Gasteiger partial charge on any atom is -0.395 e.